The number of alkyl halides is 3. The smallest absolute Gasteiger partial charge is 0.416 e. The van der Waals surface area contributed by atoms with Crippen molar-refractivity contribution in [1.82, 2.24) is 5.32 Å². The molecule has 1 aliphatic heterocycles. The fourth-order valence-corrected chi connectivity index (χ4v) is 5.21. The van der Waals surface area contributed by atoms with Gasteiger partial charge in [-0.3, -0.25) is 0 Å². The average molecular weight is 486 g/mol. The second kappa shape index (κ2) is 8.07. The fraction of sp³-hybridized carbons (Fsp3) is 0.167. The second-order valence-electron chi connectivity index (χ2n) is 9.73. The van der Waals surface area contributed by atoms with E-state index in [1.54, 1.807) is 12.1 Å². The van der Waals surface area contributed by atoms with E-state index in [-0.39, 0.29) is 5.56 Å². The molecule has 1 spiro atoms. The minimum atomic E-state index is -4.40. The summed E-state index contributed by atoms with van der Waals surface area (Å²) in [6, 6.07) is 22.0. The van der Waals surface area contributed by atoms with Gasteiger partial charge < -0.3 is 10.4 Å². The lowest BCUT2D eigenvalue weighted by molar-refractivity contribution is -0.137. The summed E-state index contributed by atoms with van der Waals surface area (Å²) in [4.78, 5) is 11.9. The van der Waals surface area contributed by atoms with E-state index in [1.807, 2.05) is 30.3 Å². The van der Waals surface area contributed by atoms with Gasteiger partial charge in [-0.1, -0.05) is 54.6 Å². The number of carbonyl (C=O) groups is 1. The highest BCUT2D eigenvalue weighted by Gasteiger charge is 2.42. The first-order valence-electron chi connectivity index (χ1n) is 11.7. The van der Waals surface area contributed by atoms with Crippen LogP contribution < -0.4 is 5.32 Å². The molecular weight excluding hydrogens is 463 g/mol. The van der Waals surface area contributed by atoms with Crippen molar-refractivity contribution in [2.24, 2.45) is 5.41 Å². The summed E-state index contributed by atoms with van der Waals surface area (Å²) < 4.78 is 38.8. The zero-order valence-corrected chi connectivity index (χ0v) is 19.2. The molecule has 36 heavy (non-hydrogen) atoms. The molecule has 3 nitrogen and oxygen atoms in total. The molecule has 1 fully saturated rings. The third-order valence-corrected chi connectivity index (χ3v) is 7.29. The van der Waals surface area contributed by atoms with Gasteiger partial charge in [0.25, 0.3) is 0 Å². The SMILES string of the molecule is O=C(O)c1cc(-c2ccc(C3=CC4(CNC4)C3)cc2)c2ccc(-c3ccc(C(F)(F)F)cc3)cc2c1. The van der Waals surface area contributed by atoms with Crippen molar-refractivity contribution in [3.8, 4) is 22.3 Å². The first kappa shape index (κ1) is 22.6. The molecule has 2 N–H and O–H groups in total. The van der Waals surface area contributed by atoms with Gasteiger partial charge in [0.05, 0.1) is 11.1 Å². The van der Waals surface area contributed by atoms with Crippen LogP contribution in [0.4, 0.5) is 13.2 Å². The number of carboxylic acid groups (broad SMARTS) is 1. The summed E-state index contributed by atoms with van der Waals surface area (Å²) in [5, 5.41) is 14.6. The molecule has 1 aliphatic carbocycles. The highest BCUT2D eigenvalue weighted by Crippen LogP contribution is 2.47. The van der Waals surface area contributed by atoms with Crippen molar-refractivity contribution in [3.63, 3.8) is 0 Å². The van der Waals surface area contributed by atoms with E-state index >= 15 is 0 Å². The minimum absolute atomic E-state index is 0.160. The Bertz CT molecular complexity index is 1530. The van der Waals surface area contributed by atoms with E-state index in [9.17, 15) is 23.1 Å². The fourth-order valence-electron chi connectivity index (χ4n) is 5.21. The van der Waals surface area contributed by atoms with E-state index in [4.69, 9.17) is 0 Å². The molecule has 0 aromatic heterocycles. The lowest BCUT2D eigenvalue weighted by Crippen LogP contribution is -2.55. The van der Waals surface area contributed by atoms with Crippen LogP contribution in [-0.4, -0.2) is 24.2 Å². The van der Waals surface area contributed by atoms with Crippen LogP contribution in [0.3, 0.4) is 0 Å². The lowest BCUT2D eigenvalue weighted by Gasteiger charge is -2.48. The largest absolute Gasteiger partial charge is 0.478 e. The van der Waals surface area contributed by atoms with E-state index in [2.05, 4.69) is 23.5 Å². The molecule has 0 atom stereocenters. The van der Waals surface area contributed by atoms with Gasteiger partial charge in [-0.05, 0) is 80.9 Å². The summed E-state index contributed by atoms with van der Waals surface area (Å²) >= 11 is 0. The number of carboxylic acids is 1. The number of nitrogens with one attached hydrogen (secondary N) is 1. The molecule has 0 saturated carbocycles. The maximum Gasteiger partial charge on any atom is 0.416 e. The number of halogens is 3. The van der Waals surface area contributed by atoms with Crippen LogP contribution in [0.2, 0.25) is 0 Å². The molecule has 4 aromatic carbocycles. The summed E-state index contributed by atoms with van der Waals surface area (Å²) in [5.74, 6) is -1.03. The zero-order valence-electron chi connectivity index (χ0n) is 19.2. The first-order chi connectivity index (χ1) is 17.2. The number of fused-ring (bicyclic) bond motifs is 1. The highest BCUT2D eigenvalue weighted by atomic mass is 19.4. The molecule has 6 rings (SSSR count). The van der Waals surface area contributed by atoms with Crippen LogP contribution in [0.25, 0.3) is 38.6 Å². The summed E-state index contributed by atoms with van der Waals surface area (Å²) in [5.41, 5.74) is 5.38. The van der Waals surface area contributed by atoms with Gasteiger partial charge in [0, 0.05) is 18.5 Å². The first-order valence-corrected chi connectivity index (χ1v) is 11.7. The van der Waals surface area contributed by atoms with Crippen molar-refractivity contribution in [2.75, 3.05) is 13.1 Å². The monoisotopic (exact) mass is 485 g/mol. The predicted molar refractivity (Wildman–Crippen MR) is 135 cm³/mol. The topological polar surface area (TPSA) is 49.3 Å². The summed E-state index contributed by atoms with van der Waals surface area (Å²) in [6.45, 7) is 2.08. The molecule has 0 amide bonds. The molecule has 6 heteroatoms. The Kier molecular flexibility index (Phi) is 5.05. The van der Waals surface area contributed by atoms with Gasteiger partial charge in [-0.25, -0.2) is 4.79 Å². The normalized spacial score (nSPS) is 16.4. The number of benzene rings is 4. The van der Waals surface area contributed by atoms with Gasteiger partial charge in [-0.15, -0.1) is 0 Å². The quantitative estimate of drug-likeness (QED) is 0.320. The molecular formula is C30H22F3NO2. The van der Waals surface area contributed by atoms with Crippen LogP contribution in [0.15, 0.2) is 84.9 Å². The molecule has 4 aromatic rings. The molecule has 180 valence electrons. The van der Waals surface area contributed by atoms with E-state index in [0.717, 1.165) is 53.7 Å². The van der Waals surface area contributed by atoms with Crippen LogP contribution in [0.1, 0.15) is 27.9 Å². The summed E-state index contributed by atoms with van der Waals surface area (Å²) in [7, 11) is 0. The molecule has 1 saturated heterocycles. The number of rotatable bonds is 4. The average Bonchev–Trinajstić information content (AvgIpc) is 2.81. The maximum absolute atomic E-state index is 12.9. The Morgan fingerprint density at radius 1 is 0.806 bits per heavy atom. The maximum atomic E-state index is 12.9. The molecule has 2 aliphatic rings. The number of hydrogen-bond donors (Lipinski definition) is 2. The van der Waals surface area contributed by atoms with Crippen molar-refractivity contribution >= 4 is 22.3 Å². The Balaban J connectivity index is 1.38. The number of aromatic carboxylic acids is 1. The standard InChI is InChI=1S/C30H22F3NO2/c31-30(32,33)25-8-5-18(6-9-25)21-7-10-26-22(11-21)12-23(28(35)36)13-27(26)20-3-1-19(2-4-20)24-14-29(15-24)16-34-17-29/h1-14,34H,15-17H2,(H,35,36). The van der Waals surface area contributed by atoms with Gasteiger partial charge in [0.2, 0.25) is 0 Å². The van der Waals surface area contributed by atoms with Crippen molar-refractivity contribution in [3.05, 3.63) is 102 Å². The van der Waals surface area contributed by atoms with Crippen LogP contribution in [0, 0.1) is 5.41 Å². The molecule has 1 heterocycles. The summed E-state index contributed by atoms with van der Waals surface area (Å²) in [6.07, 6.45) is -0.973. The minimum Gasteiger partial charge on any atom is -0.478 e. The second-order valence-corrected chi connectivity index (χ2v) is 9.73. The molecule has 0 radical (unpaired) electrons. The molecule has 0 unspecified atom stereocenters. The lowest BCUT2D eigenvalue weighted by atomic mass is 9.65. The van der Waals surface area contributed by atoms with Crippen molar-refractivity contribution in [2.45, 2.75) is 12.6 Å². The molecule has 0 bridgehead atoms. The Labute approximate surface area is 205 Å². The van der Waals surface area contributed by atoms with Crippen LogP contribution >= 0.6 is 0 Å². The Morgan fingerprint density at radius 3 is 2.00 bits per heavy atom. The van der Waals surface area contributed by atoms with Crippen LogP contribution in [0.5, 0.6) is 0 Å². The van der Waals surface area contributed by atoms with Gasteiger partial charge in [0.15, 0.2) is 0 Å². The van der Waals surface area contributed by atoms with Gasteiger partial charge in [-0.2, -0.15) is 13.2 Å². The number of allylic oxidation sites excluding steroid dienone is 1. The van der Waals surface area contributed by atoms with Gasteiger partial charge >= 0.3 is 12.1 Å². The third kappa shape index (κ3) is 3.88. The number of hydrogen-bond acceptors (Lipinski definition) is 2. The van der Waals surface area contributed by atoms with E-state index in [1.165, 1.54) is 23.3 Å². The Morgan fingerprint density at radius 2 is 1.42 bits per heavy atom. The van der Waals surface area contributed by atoms with E-state index in [0.29, 0.717) is 16.4 Å². The zero-order chi connectivity index (χ0) is 25.1. The van der Waals surface area contributed by atoms with Crippen LogP contribution in [-0.2, 0) is 6.18 Å². The van der Waals surface area contributed by atoms with E-state index < -0.39 is 17.7 Å². The van der Waals surface area contributed by atoms with Crippen molar-refractivity contribution < 1.29 is 23.1 Å². The predicted octanol–water partition coefficient (Wildman–Crippen LogP) is 7.27. The third-order valence-electron chi connectivity index (χ3n) is 7.29. The van der Waals surface area contributed by atoms with Gasteiger partial charge in [0.1, 0.15) is 0 Å². The highest BCUT2D eigenvalue weighted by molar-refractivity contribution is 6.04. The van der Waals surface area contributed by atoms with Crippen molar-refractivity contribution in [1.29, 1.82) is 0 Å². The Hall–Kier alpha value is -3.90.